The van der Waals surface area contributed by atoms with E-state index in [2.05, 4.69) is 22.1 Å². The van der Waals surface area contributed by atoms with Crippen molar-refractivity contribution in [3.63, 3.8) is 0 Å². The summed E-state index contributed by atoms with van der Waals surface area (Å²) in [5.74, 6) is 0.664. The predicted octanol–water partition coefficient (Wildman–Crippen LogP) is 3.24. The average molecular weight is 287 g/mol. The second-order valence-corrected chi connectivity index (χ2v) is 5.40. The third-order valence-corrected chi connectivity index (χ3v) is 3.44. The van der Waals surface area contributed by atoms with Gasteiger partial charge in [0.2, 0.25) is 0 Å². The van der Waals surface area contributed by atoms with Crippen molar-refractivity contribution in [2.75, 3.05) is 31.5 Å². The smallest absolute Gasteiger partial charge is 0.370 e. The van der Waals surface area contributed by atoms with Crippen molar-refractivity contribution in [1.82, 2.24) is 9.88 Å². The Morgan fingerprint density at radius 3 is 2.65 bits per heavy atom. The van der Waals surface area contributed by atoms with Crippen molar-refractivity contribution < 1.29 is 13.2 Å². The molecule has 1 aromatic rings. The number of likely N-dealkylation sites (tertiary alicyclic amines) is 1. The van der Waals surface area contributed by atoms with Crippen LogP contribution in [0.2, 0.25) is 0 Å². The molecule has 20 heavy (non-hydrogen) atoms. The zero-order valence-electron chi connectivity index (χ0n) is 11.6. The molecule has 0 amide bonds. The summed E-state index contributed by atoms with van der Waals surface area (Å²) in [6, 6.07) is 3.93. The minimum atomic E-state index is -4.39. The second kappa shape index (κ2) is 6.43. The Balaban J connectivity index is 1.84. The van der Waals surface area contributed by atoms with Crippen molar-refractivity contribution in [3.05, 3.63) is 23.9 Å². The van der Waals surface area contributed by atoms with E-state index in [4.69, 9.17) is 0 Å². The number of anilines is 1. The van der Waals surface area contributed by atoms with E-state index < -0.39 is 11.9 Å². The summed E-state index contributed by atoms with van der Waals surface area (Å²) >= 11 is 0. The number of hydrogen-bond acceptors (Lipinski definition) is 3. The first-order chi connectivity index (χ1) is 9.45. The van der Waals surface area contributed by atoms with Gasteiger partial charge in [-0.05, 0) is 44.0 Å². The van der Waals surface area contributed by atoms with E-state index in [-0.39, 0.29) is 5.82 Å². The fourth-order valence-electron chi connectivity index (χ4n) is 2.44. The van der Waals surface area contributed by atoms with Crippen LogP contribution in [-0.4, -0.2) is 36.1 Å². The highest BCUT2D eigenvalue weighted by Gasteiger charge is 2.32. The highest BCUT2D eigenvalue weighted by atomic mass is 19.4. The highest BCUT2D eigenvalue weighted by Crippen LogP contribution is 2.28. The summed E-state index contributed by atoms with van der Waals surface area (Å²) in [7, 11) is 0. The summed E-state index contributed by atoms with van der Waals surface area (Å²) in [6.07, 6.45) is -1.90. The second-order valence-electron chi connectivity index (χ2n) is 5.40. The molecular formula is C14H20F3N3. The molecule has 6 heteroatoms. The molecule has 3 nitrogen and oxygen atoms in total. The van der Waals surface area contributed by atoms with E-state index >= 15 is 0 Å². The number of alkyl halides is 3. The summed E-state index contributed by atoms with van der Waals surface area (Å²) in [5.41, 5.74) is -0.852. The monoisotopic (exact) mass is 287 g/mol. The van der Waals surface area contributed by atoms with Gasteiger partial charge in [0.05, 0.1) is 0 Å². The molecule has 0 bridgehead atoms. The van der Waals surface area contributed by atoms with Crippen LogP contribution in [0.25, 0.3) is 0 Å². The summed E-state index contributed by atoms with van der Waals surface area (Å²) in [4.78, 5) is 5.99. The van der Waals surface area contributed by atoms with Crippen molar-refractivity contribution in [1.29, 1.82) is 0 Å². The van der Waals surface area contributed by atoms with Crippen molar-refractivity contribution in [3.8, 4) is 0 Å². The van der Waals surface area contributed by atoms with Gasteiger partial charge in [-0.2, -0.15) is 13.2 Å². The molecule has 2 rings (SSSR count). The Labute approximate surface area is 117 Å². The largest absolute Gasteiger partial charge is 0.433 e. The van der Waals surface area contributed by atoms with E-state index in [0.717, 1.165) is 25.7 Å². The number of rotatable bonds is 5. The Morgan fingerprint density at radius 2 is 2.00 bits per heavy atom. The van der Waals surface area contributed by atoms with Crippen LogP contribution >= 0.6 is 0 Å². The molecule has 0 aliphatic carbocycles. The third-order valence-electron chi connectivity index (χ3n) is 3.44. The van der Waals surface area contributed by atoms with E-state index in [1.54, 1.807) is 6.07 Å². The SMILES string of the molecule is CC(CNc1cccc(C(F)(F)F)n1)CN1CCCC1. The molecule has 1 aliphatic heterocycles. The number of aromatic nitrogens is 1. The number of nitrogens with one attached hydrogen (secondary N) is 1. The first kappa shape index (κ1) is 15.1. The molecule has 1 unspecified atom stereocenters. The van der Waals surface area contributed by atoms with Gasteiger partial charge in [0.1, 0.15) is 11.5 Å². The zero-order valence-corrected chi connectivity index (χ0v) is 11.6. The third kappa shape index (κ3) is 4.37. The van der Waals surface area contributed by atoms with Crippen molar-refractivity contribution >= 4 is 5.82 Å². The molecule has 2 heterocycles. The minimum Gasteiger partial charge on any atom is -0.370 e. The molecule has 1 fully saturated rings. The molecule has 0 aromatic carbocycles. The summed E-state index contributed by atoms with van der Waals surface area (Å²) in [6.45, 7) is 5.97. The van der Waals surface area contributed by atoms with E-state index in [0.29, 0.717) is 12.5 Å². The fourth-order valence-corrected chi connectivity index (χ4v) is 2.44. The van der Waals surface area contributed by atoms with E-state index in [9.17, 15) is 13.2 Å². The van der Waals surface area contributed by atoms with E-state index in [1.807, 2.05) is 0 Å². The molecule has 112 valence electrons. The average Bonchev–Trinajstić information content (AvgIpc) is 2.88. The lowest BCUT2D eigenvalue weighted by atomic mass is 10.1. The molecule has 1 N–H and O–H groups in total. The van der Waals surface area contributed by atoms with Gasteiger partial charge >= 0.3 is 6.18 Å². The first-order valence-electron chi connectivity index (χ1n) is 6.95. The normalized spacial score (nSPS) is 18.2. The van der Waals surface area contributed by atoms with Gasteiger partial charge in [-0.3, -0.25) is 0 Å². The molecule has 1 atom stereocenters. The van der Waals surface area contributed by atoms with Gasteiger partial charge in [-0.1, -0.05) is 13.0 Å². The molecule has 1 saturated heterocycles. The molecule has 1 aliphatic rings. The van der Waals surface area contributed by atoms with Crippen LogP contribution in [0.15, 0.2) is 18.2 Å². The van der Waals surface area contributed by atoms with Crippen LogP contribution in [0.1, 0.15) is 25.5 Å². The lowest BCUT2D eigenvalue weighted by Crippen LogP contribution is -2.29. The number of nitrogens with zero attached hydrogens (tertiary/aromatic N) is 2. The Morgan fingerprint density at radius 1 is 1.30 bits per heavy atom. The number of pyridine rings is 1. The van der Waals surface area contributed by atoms with E-state index in [1.165, 1.54) is 18.9 Å². The quantitative estimate of drug-likeness (QED) is 0.901. The van der Waals surface area contributed by atoms with Gasteiger partial charge in [0.25, 0.3) is 0 Å². The Kier molecular flexibility index (Phi) is 4.86. The fraction of sp³-hybridized carbons (Fsp3) is 0.643. The van der Waals surface area contributed by atoms with Gasteiger partial charge in [0, 0.05) is 13.1 Å². The van der Waals surface area contributed by atoms with Crippen LogP contribution in [-0.2, 0) is 6.18 Å². The summed E-state index contributed by atoms with van der Waals surface area (Å²) in [5, 5.41) is 2.99. The standard InChI is InChI=1S/C14H20F3N3/c1-11(10-20-7-2-3-8-20)9-18-13-6-4-5-12(19-13)14(15,16)17/h4-6,11H,2-3,7-10H2,1H3,(H,18,19). The van der Waals surface area contributed by atoms with Gasteiger partial charge in [-0.15, -0.1) is 0 Å². The number of halogens is 3. The molecule has 0 radical (unpaired) electrons. The Bertz CT molecular complexity index is 428. The van der Waals surface area contributed by atoms with Crippen LogP contribution in [0, 0.1) is 5.92 Å². The topological polar surface area (TPSA) is 28.2 Å². The van der Waals surface area contributed by atoms with Crippen LogP contribution in [0.4, 0.5) is 19.0 Å². The maximum absolute atomic E-state index is 12.5. The maximum atomic E-state index is 12.5. The predicted molar refractivity (Wildman–Crippen MR) is 72.6 cm³/mol. The Hall–Kier alpha value is -1.30. The molecule has 0 saturated carbocycles. The minimum absolute atomic E-state index is 0.285. The van der Waals surface area contributed by atoms with Crippen LogP contribution < -0.4 is 5.32 Å². The van der Waals surface area contributed by atoms with Crippen LogP contribution in [0.3, 0.4) is 0 Å². The number of hydrogen-bond donors (Lipinski definition) is 1. The van der Waals surface area contributed by atoms with Gasteiger partial charge in [-0.25, -0.2) is 4.98 Å². The summed E-state index contributed by atoms with van der Waals surface area (Å²) < 4.78 is 37.6. The van der Waals surface area contributed by atoms with Crippen molar-refractivity contribution in [2.45, 2.75) is 25.9 Å². The lowest BCUT2D eigenvalue weighted by molar-refractivity contribution is -0.141. The highest BCUT2D eigenvalue weighted by molar-refractivity contribution is 5.35. The molecule has 1 aromatic heterocycles. The van der Waals surface area contributed by atoms with Gasteiger partial charge in [0.15, 0.2) is 0 Å². The lowest BCUT2D eigenvalue weighted by Gasteiger charge is -2.20. The maximum Gasteiger partial charge on any atom is 0.433 e. The van der Waals surface area contributed by atoms with Crippen molar-refractivity contribution in [2.24, 2.45) is 5.92 Å². The molecular weight excluding hydrogens is 267 g/mol. The van der Waals surface area contributed by atoms with Gasteiger partial charge < -0.3 is 10.2 Å². The first-order valence-corrected chi connectivity index (χ1v) is 6.95. The molecule has 0 spiro atoms. The zero-order chi connectivity index (χ0) is 14.6. The van der Waals surface area contributed by atoms with Crippen LogP contribution in [0.5, 0.6) is 0 Å².